The van der Waals surface area contributed by atoms with E-state index in [4.69, 9.17) is 0 Å². The fourth-order valence-corrected chi connectivity index (χ4v) is 4.01. The zero-order valence-corrected chi connectivity index (χ0v) is 15.5. The van der Waals surface area contributed by atoms with Crippen LogP contribution in [0, 0.1) is 0 Å². The smallest absolute Gasteiger partial charge is 0.209 e. The number of aromatic nitrogens is 2. The van der Waals surface area contributed by atoms with Crippen molar-refractivity contribution in [3.63, 3.8) is 0 Å². The van der Waals surface area contributed by atoms with Gasteiger partial charge < -0.3 is 9.80 Å². The minimum Gasteiger partial charge on any atom is -0.366 e. The fraction of sp³-hybridized carbons (Fsp3) is 0.600. The van der Waals surface area contributed by atoms with E-state index < -0.39 is 0 Å². The number of anilines is 1. The third-order valence-corrected chi connectivity index (χ3v) is 5.39. The first kappa shape index (κ1) is 17.8. The molecule has 5 heteroatoms. The highest BCUT2D eigenvalue weighted by atomic mass is 16.1. The lowest BCUT2D eigenvalue weighted by atomic mass is 9.85. The van der Waals surface area contributed by atoms with Gasteiger partial charge in [-0.05, 0) is 36.5 Å². The zero-order chi connectivity index (χ0) is 17.6. The van der Waals surface area contributed by atoms with Crippen LogP contribution in [0.2, 0.25) is 0 Å². The Hall–Kier alpha value is -2.04. The molecule has 0 radical (unpaired) electrons. The minimum absolute atomic E-state index is 0.699. The summed E-state index contributed by atoms with van der Waals surface area (Å²) in [5, 5.41) is 4.51. The lowest BCUT2D eigenvalue weighted by Gasteiger charge is -2.34. The van der Waals surface area contributed by atoms with Crippen LogP contribution in [0.1, 0.15) is 57.4 Å². The molecule has 4 rings (SSSR count). The largest absolute Gasteiger partial charge is 0.366 e. The molecule has 0 N–H and O–H groups in total. The summed E-state index contributed by atoms with van der Waals surface area (Å²) in [5.74, 6) is 0.699. The second-order valence-electron chi connectivity index (χ2n) is 6.78. The number of hydrogen-bond donors (Lipinski definition) is 0. The van der Waals surface area contributed by atoms with Crippen molar-refractivity contribution in [2.75, 3.05) is 31.1 Å². The van der Waals surface area contributed by atoms with E-state index in [9.17, 15) is 4.79 Å². The number of carbonyl (C=O) groups is 1. The standard InChI is InChI=1S/C18H24N4O.C2H6/c23-14-20-8-10-21(11-9-20)17-6-7-19-22-13-16(12-18(17)22)15-4-2-1-3-5-15;1-2/h6-7,12-15H,1-5,8-11H2;1-2H3. The summed E-state index contributed by atoms with van der Waals surface area (Å²) in [6.07, 6.45) is 11.8. The van der Waals surface area contributed by atoms with Gasteiger partial charge in [-0.1, -0.05) is 33.1 Å². The maximum Gasteiger partial charge on any atom is 0.209 e. The molecule has 2 aliphatic rings. The molecule has 5 nitrogen and oxygen atoms in total. The van der Waals surface area contributed by atoms with E-state index in [1.165, 1.54) is 48.9 Å². The molecule has 0 atom stereocenters. The summed E-state index contributed by atoms with van der Waals surface area (Å²) < 4.78 is 2.03. The van der Waals surface area contributed by atoms with Crippen molar-refractivity contribution in [2.45, 2.75) is 51.9 Å². The van der Waals surface area contributed by atoms with E-state index in [0.717, 1.165) is 32.6 Å². The van der Waals surface area contributed by atoms with E-state index in [-0.39, 0.29) is 0 Å². The van der Waals surface area contributed by atoms with Crippen LogP contribution < -0.4 is 4.90 Å². The lowest BCUT2D eigenvalue weighted by Crippen LogP contribution is -2.45. The molecule has 0 aromatic carbocycles. The summed E-state index contributed by atoms with van der Waals surface area (Å²) in [6, 6.07) is 4.45. The minimum atomic E-state index is 0.699. The van der Waals surface area contributed by atoms with Crippen LogP contribution in [0.4, 0.5) is 5.69 Å². The van der Waals surface area contributed by atoms with Crippen LogP contribution in [-0.2, 0) is 4.79 Å². The van der Waals surface area contributed by atoms with Crippen molar-refractivity contribution < 1.29 is 4.79 Å². The molecule has 0 bridgehead atoms. The van der Waals surface area contributed by atoms with Gasteiger partial charge in [0.15, 0.2) is 0 Å². The van der Waals surface area contributed by atoms with Gasteiger partial charge in [0, 0.05) is 38.6 Å². The Labute approximate surface area is 150 Å². The van der Waals surface area contributed by atoms with Crippen LogP contribution in [-0.4, -0.2) is 47.1 Å². The second-order valence-corrected chi connectivity index (χ2v) is 6.78. The third kappa shape index (κ3) is 3.80. The van der Waals surface area contributed by atoms with Crippen LogP contribution in [0.3, 0.4) is 0 Å². The molecule has 25 heavy (non-hydrogen) atoms. The van der Waals surface area contributed by atoms with Crippen LogP contribution in [0.5, 0.6) is 0 Å². The highest BCUT2D eigenvalue weighted by Crippen LogP contribution is 2.35. The van der Waals surface area contributed by atoms with Crippen LogP contribution in [0.15, 0.2) is 24.5 Å². The normalized spacial score (nSPS) is 18.8. The molecule has 2 fully saturated rings. The molecule has 0 spiro atoms. The third-order valence-electron chi connectivity index (χ3n) is 5.39. The number of nitrogens with zero attached hydrogens (tertiary/aromatic N) is 4. The van der Waals surface area contributed by atoms with Crippen molar-refractivity contribution >= 4 is 17.6 Å². The Morgan fingerprint density at radius 2 is 1.80 bits per heavy atom. The van der Waals surface area contributed by atoms with Gasteiger partial charge >= 0.3 is 0 Å². The summed E-state index contributed by atoms with van der Waals surface area (Å²) in [4.78, 5) is 15.1. The first-order valence-electron chi connectivity index (χ1n) is 9.77. The number of piperazine rings is 1. The van der Waals surface area contributed by atoms with Crippen molar-refractivity contribution in [1.82, 2.24) is 14.5 Å². The average Bonchev–Trinajstić information content (AvgIpc) is 3.15. The van der Waals surface area contributed by atoms with Gasteiger partial charge in [0.1, 0.15) is 0 Å². The highest BCUT2D eigenvalue weighted by Gasteiger charge is 2.21. The van der Waals surface area contributed by atoms with Gasteiger partial charge in [-0.3, -0.25) is 4.79 Å². The molecule has 0 unspecified atom stereocenters. The predicted octanol–water partition coefficient (Wildman–Crippen LogP) is 3.69. The Morgan fingerprint density at radius 1 is 1.08 bits per heavy atom. The van der Waals surface area contributed by atoms with Gasteiger partial charge in [-0.25, -0.2) is 4.52 Å². The number of amides is 1. The lowest BCUT2D eigenvalue weighted by molar-refractivity contribution is -0.118. The second kappa shape index (κ2) is 8.37. The number of carbonyl (C=O) groups excluding carboxylic acids is 1. The Bertz CT molecular complexity index is 682. The van der Waals surface area contributed by atoms with Crippen LogP contribution >= 0.6 is 0 Å². The van der Waals surface area contributed by atoms with E-state index >= 15 is 0 Å². The van der Waals surface area contributed by atoms with Crippen LogP contribution in [0.25, 0.3) is 5.52 Å². The molecule has 1 amide bonds. The predicted molar refractivity (Wildman–Crippen MR) is 102 cm³/mol. The molecular formula is C20H30N4O. The van der Waals surface area contributed by atoms with Crippen molar-refractivity contribution in [2.24, 2.45) is 0 Å². The van der Waals surface area contributed by atoms with E-state index in [1.807, 2.05) is 29.5 Å². The molecular weight excluding hydrogens is 312 g/mol. The number of hydrogen-bond acceptors (Lipinski definition) is 3. The topological polar surface area (TPSA) is 40.9 Å². The van der Waals surface area contributed by atoms with Gasteiger partial charge in [0.25, 0.3) is 0 Å². The molecule has 2 aromatic rings. The van der Waals surface area contributed by atoms with Crippen molar-refractivity contribution in [3.8, 4) is 0 Å². The first-order valence-corrected chi connectivity index (χ1v) is 9.77. The molecule has 1 aliphatic carbocycles. The van der Waals surface area contributed by atoms with Crippen molar-refractivity contribution in [1.29, 1.82) is 0 Å². The maximum atomic E-state index is 10.9. The average molecular weight is 342 g/mol. The Kier molecular flexibility index (Phi) is 5.95. The van der Waals surface area contributed by atoms with Gasteiger partial charge in [0.2, 0.25) is 6.41 Å². The summed E-state index contributed by atoms with van der Waals surface area (Å²) >= 11 is 0. The Morgan fingerprint density at radius 3 is 2.48 bits per heavy atom. The van der Waals surface area contributed by atoms with E-state index in [0.29, 0.717) is 5.92 Å². The molecule has 136 valence electrons. The Balaban J connectivity index is 0.000000880. The summed E-state index contributed by atoms with van der Waals surface area (Å²) in [5.41, 5.74) is 3.89. The maximum absolute atomic E-state index is 10.9. The van der Waals surface area contributed by atoms with E-state index in [2.05, 4.69) is 28.3 Å². The van der Waals surface area contributed by atoms with Crippen molar-refractivity contribution in [3.05, 3.63) is 30.1 Å². The number of rotatable bonds is 3. The monoisotopic (exact) mass is 342 g/mol. The molecule has 1 saturated heterocycles. The summed E-state index contributed by atoms with van der Waals surface area (Å²) in [6.45, 7) is 7.38. The summed E-state index contributed by atoms with van der Waals surface area (Å²) in [7, 11) is 0. The van der Waals surface area contributed by atoms with E-state index in [1.54, 1.807) is 0 Å². The first-order chi connectivity index (χ1) is 12.3. The van der Waals surface area contributed by atoms with Gasteiger partial charge in [0.05, 0.1) is 11.2 Å². The molecule has 1 aliphatic heterocycles. The van der Waals surface area contributed by atoms with Gasteiger partial charge in [-0.2, -0.15) is 5.10 Å². The number of fused-ring (bicyclic) bond motifs is 1. The zero-order valence-electron chi connectivity index (χ0n) is 15.5. The molecule has 1 saturated carbocycles. The molecule has 2 aromatic heterocycles. The fourth-order valence-electron chi connectivity index (χ4n) is 4.01. The molecule has 3 heterocycles. The quantitative estimate of drug-likeness (QED) is 0.799. The highest BCUT2D eigenvalue weighted by molar-refractivity contribution is 5.74. The van der Waals surface area contributed by atoms with Gasteiger partial charge in [-0.15, -0.1) is 0 Å². The SMILES string of the molecule is CC.O=CN1CCN(c2ccnn3cc(C4CCCCC4)cc23)CC1.